The summed E-state index contributed by atoms with van der Waals surface area (Å²) in [7, 11) is 0. The Hall–Kier alpha value is -3.79. The van der Waals surface area contributed by atoms with Crippen molar-refractivity contribution >= 4 is 34.7 Å². The number of nitrogens with two attached hydrogens (primary N) is 1. The molecule has 1 fully saturated rings. The lowest BCUT2D eigenvalue weighted by Gasteiger charge is -2.31. The number of nitrogens with zero attached hydrogens (tertiary/aromatic N) is 3. The Labute approximate surface area is 211 Å². The summed E-state index contributed by atoms with van der Waals surface area (Å²) in [6, 6.07) is 9.87. The van der Waals surface area contributed by atoms with Crippen molar-refractivity contribution in [1.82, 2.24) is 25.2 Å². The van der Waals surface area contributed by atoms with Crippen LogP contribution in [0.4, 0.5) is 10.3 Å². The highest BCUT2D eigenvalue weighted by atomic mass is 32.1. The van der Waals surface area contributed by atoms with Gasteiger partial charge in [-0.15, -0.1) is 16.4 Å². The van der Waals surface area contributed by atoms with Gasteiger partial charge >= 0.3 is 0 Å². The third-order valence-corrected chi connectivity index (χ3v) is 7.41. The molecule has 0 atom stereocenters. The average Bonchev–Trinajstić information content (AvgIpc) is 3.58. The van der Waals surface area contributed by atoms with Crippen LogP contribution in [0.15, 0.2) is 48.0 Å². The zero-order valence-corrected chi connectivity index (χ0v) is 20.9. The van der Waals surface area contributed by atoms with Gasteiger partial charge in [-0.3, -0.25) is 9.59 Å². The molecule has 0 aliphatic heterocycles. The average molecular weight is 507 g/mol. The molecular weight excluding hydrogens is 479 g/mol. The maximum Gasteiger partial charge on any atom is 0.262 e. The first-order valence-electron chi connectivity index (χ1n) is 11.9. The summed E-state index contributed by atoms with van der Waals surface area (Å²) in [5.41, 5.74) is 8.42. The summed E-state index contributed by atoms with van der Waals surface area (Å²) in [6.45, 7) is 3.76. The number of carbonyl (C=O) groups excluding carboxylic acids is 2. The molecule has 0 saturated heterocycles. The highest BCUT2D eigenvalue weighted by Gasteiger charge is 2.37. The largest absolute Gasteiger partial charge is 0.366 e. The summed E-state index contributed by atoms with van der Waals surface area (Å²) in [6.07, 6.45) is 5.35. The van der Waals surface area contributed by atoms with E-state index in [2.05, 4.69) is 20.7 Å². The number of aromatic nitrogens is 3. The quantitative estimate of drug-likeness (QED) is 0.356. The van der Waals surface area contributed by atoms with Crippen LogP contribution < -0.4 is 16.4 Å². The Morgan fingerprint density at radius 1 is 1.11 bits per heavy atom. The standard InChI is InChI=1S/C26H27FN6O2S/c1-15(2)29-23(34)20-11-16(13-33-22(20)30-25(28)32-33)17-12-21(36-14-17)24(35)31-26(9-3-4-10-26)18-5-7-19(27)8-6-18/h5-8,11-15H,3-4,9-10H2,1-2H3,(H2,28,32)(H,29,34)(H,31,35). The molecule has 1 aliphatic carbocycles. The summed E-state index contributed by atoms with van der Waals surface area (Å²) in [5, 5.41) is 12.2. The molecule has 1 aromatic carbocycles. The highest BCUT2D eigenvalue weighted by Crippen LogP contribution is 2.39. The molecule has 3 aromatic heterocycles. The van der Waals surface area contributed by atoms with Crippen LogP contribution >= 0.6 is 11.3 Å². The molecule has 5 rings (SSSR count). The molecule has 1 aliphatic rings. The van der Waals surface area contributed by atoms with Crippen molar-refractivity contribution in [3.05, 3.63) is 69.8 Å². The van der Waals surface area contributed by atoms with Crippen molar-refractivity contribution in [3.63, 3.8) is 0 Å². The third-order valence-electron chi connectivity index (χ3n) is 6.48. The van der Waals surface area contributed by atoms with Crippen LogP contribution in [0.2, 0.25) is 0 Å². The van der Waals surface area contributed by atoms with E-state index in [9.17, 15) is 14.0 Å². The van der Waals surface area contributed by atoms with E-state index in [1.807, 2.05) is 19.2 Å². The predicted octanol–water partition coefficient (Wildman–Crippen LogP) is 4.52. The van der Waals surface area contributed by atoms with Crippen molar-refractivity contribution in [2.75, 3.05) is 5.73 Å². The van der Waals surface area contributed by atoms with Crippen molar-refractivity contribution < 1.29 is 14.0 Å². The lowest BCUT2D eigenvalue weighted by molar-refractivity contribution is 0.0900. The number of pyridine rings is 1. The SMILES string of the molecule is CC(C)NC(=O)c1cc(-c2csc(C(=O)NC3(c4ccc(F)cc4)CCCC3)c2)cn2nc(N)nc12. The second-order valence-corrected chi connectivity index (χ2v) is 10.4. The molecule has 36 heavy (non-hydrogen) atoms. The van der Waals surface area contributed by atoms with Gasteiger partial charge in [-0.05, 0) is 67.5 Å². The number of halogens is 1. The second-order valence-electron chi connectivity index (χ2n) is 9.46. The van der Waals surface area contributed by atoms with E-state index in [4.69, 9.17) is 5.73 Å². The summed E-state index contributed by atoms with van der Waals surface area (Å²) in [4.78, 5) is 30.9. The number of benzene rings is 1. The molecule has 10 heteroatoms. The van der Waals surface area contributed by atoms with E-state index in [1.54, 1.807) is 30.5 Å². The van der Waals surface area contributed by atoms with E-state index in [0.29, 0.717) is 21.7 Å². The van der Waals surface area contributed by atoms with E-state index < -0.39 is 5.54 Å². The second kappa shape index (κ2) is 9.34. The van der Waals surface area contributed by atoms with Crippen LogP contribution in [0.1, 0.15) is 65.1 Å². The van der Waals surface area contributed by atoms with Crippen LogP contribution in [-0.4, -0.2) is 32.5 Å². The maximum atomic E-state index is 13.5. The lowest BCUT2D eigenvalue weighted by Crippen LogP contribution is -2.43. The van der Waals surface area contributed by atoms with Gasteiger partial charge in [0.25, 0.3) is 11.8 Å². The number of nitrogen functional groups attached to an aromatic ring is 1. The third kappa shape index (κ3) is 4.56. The topological polar surface area (TPSA) is 114 Å². The first kappa shape index (κ1) is 23.9. The molecule has 0 unspecified atom stereocenters. The number of rotatable bonds is 6. The molecule has 1 saturated carbocycles. The molecule has 0 radical (unpaired) electrons. The van der Waals surface area contributed by atoms with Gasteiger partial charge in [-0.25, -0.2) is 8.91 Å². The van der Waals surface area contributed by atoms with E-state index in [1.165, 1.54) is 28.0 Å². The minimum absolute atomic E-state index is 0.0538. The Balaban J connectivity index is 1.45. The first-order valence-corrected chi connectivity index (χ1v) is 12.8. The number of hydrogen-bond acceptors (Lipinski definition) is 6. The Kier molecular flexibility index (Phi) is 6.21. The van der Waals surface area contributed by atoms with Crippen molar-refractivity contribution in [2.45, 2.75) is 51.1 Å². The smallest absolute Gasteiger partial charge is 0.262 e. The number of carbonyl (C=O) groups is 2. The number of nitrogens with one attached hydrogen (secondary N) is 2. The van der Waals surface area contributed by atoms with E-state index in [-0.39, 0.29) is 29.6 Å². The molecule has 186 valence electrons. The minimum Gasteiger partial charge on any atom is -0.366 e. The van der Waals surface area contributed by atoms with Crippen LogP contribution in [0.5, 0.6) is 0 Å². The molecule has 0 bridgehead atoms. The van der Waals surface area contributed by atoms with Crippen molar-refractivity contribution in [3.8, 4) is 11.1 Å². The fourth-order valence-corrected chi connectivity index (χ4v) is 5.60. The highest BCUT2D eigenvalue weighted by molar-refractivity contribution is 7.12. The monoisotopic (exact) mass is 506 g/mol. The van der Waals surface area contributed by atoms with Gasteiger partial charge in [-0.2, -0.15) is 4.98 Å². The van der Waals surface area contributed by atoms with Crippen molar-refractivity contribution in [1.29, 1.82) is 0 Å². The molecule has 2 amide bonds. The van der Waals surface area contributed by atoms with Gasteiger partial charge in [-0.1, -0.05) is 25.0 Å². The normalized spacial score (nSPS) is 14.9. The van der Waals surface area contributed by atoms with Crippen LogP contribution in [-0.2, 0) is 5.54 Å². The number of fused-ring (bicyclic) bond motifs is 1. The molecular formula is C26H27FN6O2S. The van der Waals surface area contributed by atoms with Crippen LogP contribution in [0.3, 0.4) is 0 Å². The predicted molar refractivity (Wildman–Crippen MR) is 137 cm³/mol. The zero-order valence-electron chi connectivity index (χ0n) is 20.0. The van der Waals surface area contributed by atoms with Gasteiger partial charge in [0.15, 0.2) is 5.65 Å². The number of hydrogen-bond donors (Lipinski definition) is 3. The summed E-state index contributed by atoms with van der Waals surface area (Å²) in [5.74, 6) is -0.686. The maximum absolute atomic E-state index is 13.5. The molecule has 3 heterocycles. The fourth-order valence-electron chi connectivity index (χ4n) is 4.79. The number of amides is 2. The fraction of sp³-hybridized carbons (Fsp3) is 0.308. The number of thiophene rings is 1. The van der Waals surface area contributed by atoms with Crippen molar-refractivity contribution in [2.24, 2.45) is 0 Å². The van der Waals surface area contributed by atoms with Gasteiger partial charge < -0.3 is 16.4 Å². The molecule has 0 spiro atoms. The lowest BCUT2D eigenvalue weighted by atomic mass is 9.88. The van der Waals surface area contributed by atoms with E-state index in [0.717, 1.165) is 36.8 Å². The molecule has 4 aromatic rings. The first-order chi connectivity index (χ1) is 17.2. The summed E-state index contributed by atoms with van der Waals surface area (Å²) >= 11 is 1.33. The van der Waals surface area contributed by atoms with Gasteiger partial charge in [0, 0.05) is 17.8 Å². The van der Waals surface area contributed by atoms with Gasteiger partial charge in [0.1, 0.15) is 5.82 Å². The van der Waals surface area contributed by atoms with Crippen LogP contribution in [0, 0.1) is 5.82 Å². The molecule has 4 N–H and O–H groups in total. The zero-order chi connectivity index (χ0) is 25.4. The van der Waals surface area contributed by atoms with Gasteiger partial charge in [0.2, 0.25) is 5.95 Å². The Morgan fingerprint density at radius 3 is 2.53 bits per heavy atom. The summed E-state index contributed by atoms with van der Waals surface area (Å²) < 4.78 is 15.0. The number of anilines is 1. The van der Waals surface area contributed by atoms with E-state index >= 15 is 0 Å². The van der Waals surface area contributed by atoms with Gasteiger partial charge in [0.05, 0.1) is 16.0 Å². The Morgan fingerprint density at radius 2 is 1.83 bits per heavy atom. The molecule has 8 nitrogen and oxygen atoms in total. The minimum atomic E-state index is -0.506. The van der Waals surface area contributed by atoms with Crippen LogP contribution in [0.25, 0.3) is 16.8 Å². The Bertz CT molecular complexity index is 1440.